The SMILES string of the molecule is C=CCN(CC(=O)O)C(=O)c1ccc(N)c(C)c1. The number of amides is 1. The van der Waals surface area contributed by atoms with E-state index in [1.54, 1.807) is 25.1 Å². The summed E-state index contributed by atoms with van der Waals surface area (Å²) in [6, 6.07) is 4.87. The van der Waals surface area contributed by atoms with E-state index in [4.69, 9.17) is 10.8 Å². The molecule has 0 radical (unpaired) electrons. The van der Waals surface area contributed by atoms with Crippen molar-refractivity contribution in [3.05, 3.63) is 42.0 Å². The number of aliphatic carboxylic acids is 1. The topological polar surface area (TPSA) is 83.6 Å². The first-order valence-corrected chi connectivity index (χ1v) is 5.43. The second-order valence-corrected chi connectivity index (χ2v) is 3.94. The van der Waals surface area contributed by atoms with E-state index in [-0.39, 0.29) is 19.0 Å². The largest absolute Gasteiger partial charge is 0.480 e. The lowest BCUT2D eigenvalue weighted by Crippen LogP contribution is -2.35. The summed E-state index contributed by atoms with van der Waals surface area (Å²) in [7, 11) is 0. The third-order valence-electron chi connectivity index (χ3n) is 2.48. The number of hydrogen-bond donors (Lipinski definition) is 2. The zero-order valence-electron chi connectivity index (χ0n) is 10.2. The van der Waals surface area contributed by atoms with Gasteiger partial charge in [-0.3, -0.25) is 9.59 Å². The highest BCUT2D eigenvalue weighted by molar-refractivity contribution is 5.96. The molecule has 1 aromatic carbocycles. The Hall–Kier alpha value is -2.30. The fourth-order valence-corrected chi connectivity index (χ4v) is 1.53. The molecule has 5 nitrogen and oxygen atoms in total. The van der Waals surface area contributed by atoms with E-state index in [9.17, 15) is 9.59 Å². The smallest absolute Gasteiger partial charge is 0.323 e. The highest BCUT2D eigenvalue weighted by atomic mass is 16.4. The quantitative estimate of drug-likeness (QED) is 0.607. The highest BCUT2D eigenvalue weighted by Crippen LogP contribution is 2.14. The number of carbonyl (C=O) groups excluding carboxylic acids is 1. The summed E-state index contributed by atoms with van der Waals surface area (Å²) >= 11 is 0. The Balaban J connectivity index is 2.97. The number of carbonyl (C=O) groups is 2. The second kappa shape index (κ2) is 5.86. The van der Waals surface area contributed by atoms with Gasteiger partial charge in [-0.2, -0.15) is 0 Å². The van der Waals surface area contributed by atoms with E-state index < -0.39 is 5.97 Å². The molecule has 1 aromatic rings. The van der Waals surface area contributed by atoms with E-state index in [0.29, 0.717) is 11.3 Å². The van der Waals surface area contributed by atoms with Crippen molar-refractivity contribution >= 4 is 17.6 Å². The first-order chi connectivity index (χ1) is 8.45. The van der Waals surface area contributed by atoms with Crippen LogP contribution < -0.4 is 5.73 Å². The number of carboxylic acids is 1. The Morgan fingerprint density at radius 1 is 1.50 bits per heavy atom. The minimum atomic E-state index is -1.06. The molecular formula is C13H16N2O3. The van der Waals surface area contributed by atoms with Crippen LogP contribution in [0.1, 0.15) is 15.9 Å². The third-order valence-corrected chi connectivity index (χ3v) is 2.48. The number of nitrogen functional groups attached to an aromatic ring is 1. The van der Waals surface area contributed by atoms with Gasteiger partial charge in [0, 0.05) is 17.8 Å². The maximum Gasteiger partial charge on any atom is 0.323 e. The van der Waals surface area contributed by atoms with Crippen molar-refractivity contribution in [1.82, 2.24) is 4.90 Å². The normalized spacial score (nSPS) is 9.83. The van der Waals surface area contributed by atoms with Gasteiger partial charge in [-0.25, -0.2) is 0 Å². The zero-order chi connectivity index (χ0) is 13.7. The van der Waals surface area contributed by atoms with E-state index in [1.807, 2.05) is 0 Å². The molecule has 18 heavy (non-hydrogen) atoms. The van der Waals surface area contributed by atoms with Crippen LogP contribution in [-0.2, 0) is 4.79 Å². The number of nitrogens with two attached hydrogens (primary N) is 1. The first kappa shape index (κ1) is 13.8. The molecule has 0 saturated heterocycles. The summed E-state index contributed by atoms with van der Waals surface area (Å²) in [5, 5.41) is 8.76. The van der Waals surface area contributed by atoms with Gasteiger partial charge in [0.2, 0.25) is 0 Å². The van der Waals surface area contributed by atoms with Gasteiger partial charge in [-0.05, 0) is 30.7 Å². The van der Waals surface area contributed by atoms with Crippen molar-refractivity contribution in [2.24, 2.45) is 0 Å². The fourth-order valence-electron chi connectivity index (χ4n) is 1.53. The minimum Gasteiger partial charge on any atom is -0.480 e. The average Bonchev–Trinajstić information content (AvgIpc) is 2.31. The van der Waals surface area contributed by atoms with Gasteiger partial charge < -0.3 is 15.7 Å². The average molecular weight is 248 g/mol. The van der Waals surface area contributed by atoms with Gasteiger partial charge in [-0.1, -0.05) is 6.08 Å². The molecule has 0 fully saturated rings. The van der Waals surface area contributed by atoms with Crippen LogP contribution in [0.5, 0.6) is 0 Å². The van der Waals surface area contributed by atoms with E-state index in [1.165, 1.54) is 11.0 Å². The first-order valence-electron chi connectivity index (χ1n) is 5.43. The van der Waals surface area contributed by atoms with Crippen LogP contribution in [0.2, 0.25) is 0 Å². The highest BCUT2D eigenvalue weighted by Gasteiger charge is 2.17. The van der Waals surface area contributed by atoms with Gasteiger partial charge in [0.05, 0.1) is 0 Å². The maximum atomic E-state index is 12.1. The molecule has 0 saturated carbocycles. The zero-order valence-corrected chi connectivity index (χ0v) is 10.2. The molecule has 0 spiro atoms. The summed E-state index contributed by atoms with van der Waals surface area (Å²) in [5.74, 6) is -1.40. The molecule has 0 unspecified atom stereocenters. The lowest BCUT2D eigenvalue weighted by Gasteiger charge is -2.19. The number of hydrogen-bond acceptors (Lipinski definition) is 3. The third kappa shape index (κ3) is 3.35. The second-order valence-electron chi connectivity index (χ2n) is 3.94. The van der Waals surface area contributed by atoms with Crippen molar-refractivity contribution < 1.29 is 14.7 Å². The molecule has 1 amide bonds. The van der Waals surface area contributed by atoms with Gasteiger partial charge in [0.1, 0.15) is 6.54 Å². The molecule has 0 bridgehead atoms. The Bertz CT molecular complexity index is 483. The van der Waals surface area contributed by atoms with Crippen LogP contribution in [0, 0.1) is 6.92 Å². The summed E-state index contributed by atoms with van der Waals surface area (Å²) in [5.41, 5.74) is 7.47. The fraction of sp³-hybridized carbons (Fsp3) is 0.231. The van der Waals surface area contributed by atoms with Crippen molar-refractivity contribution in [3.8, 4) is 0 Å². The number of benzene rings is 1. The van der Waals surface area contributed by atoms with Crippen LogP contribution in [0.4, 0.5) is 5.69 Å². The lowest BCUT2D eigenvalue weighted by molar-refractivity contribution is -0.137. The number of rotatable bonds is 5. The van der Waals surface area contributed by atoms with Crippen LogP contribution in [0.3, 0.4) is 0 Å². The molecule has 3 N–H and O–H groups in total. The van der Waals surface area contributed by atoms with Crippen LogP contribution in [0.25, 0.3) is 0 Å². The Morgan fingerprint density at radius 2 is 2.17 bits per heavy atom. The number of nitrogens with zero attached hydrogens (tertiary/aromatic N) is 1. The molecule has 0 aromatic heterocycles. The number of carboxylic acid groups (broad SMARTS) is 1. The van der Waals surface area contributed by atoms with Gasteiger partial charge >= 0.3 is 5.97 Å². The van der Waals surface area contributed by atoms with E-state index >= 15 is 0 Å². The van der Waals surface area contributed by atoms with Gasteiger partial charge in [0.25, 0.3) is 5.91 Å². The summed E-state index contributed by atoms with van der Waals surface area (Å²) in [6.45, 7) is 5.14. The molecule has 0 aliphatic carbocycles. The number of anilines is 1. The van der Waals surface area contributed by atoms with Gasteiger partial charge in [-0.15, -0.1) is 6.58 Å². The van der Waals surface area contributed by atoms with Crippen LogP contribution in [0.15, 0.2) is 30.9 Å². The standard InChI is InChI=1S/C13H16N2O3/c1-3-6-15(8-12(16)17)13(18)10-4-5-11(14)9(2)7-10/h3-5,7H,1,6,8,14H2,2H3,(H,16,17). The molecule has 0 heterocycles. The molecule has 0 aliphatic heterocycles. The van der Waals surface area contributed by atoms with Gasteiger partial charge in [0.15, 0.2) is 0 Å². The molecule has 0 aliphatic rings. The molecule has 0 atom stereocenters. The minimum absolute atomic E-state index is 0.189. The Morgan fingerprint density at radius 3 is 2.67 bits per heavy atom. The number of aryl methyl sites for hydroxylation is 1. The Labute approximate surface area is 106 Å². The summed E-state index contributed by atoms with van der Waals surface area (Å²) in [6.07, 6.45) is 1.49. The molecule has 5 heteroatoms. The summed E-state index contributed by atoms with van der Waals surface area (Å²) in [4.78, 5) is 24.0. The van der Waals surface area contributed by atoms with Crippen molar-refractivity contribution in [1.29, 1.82) is 0 Å². The maximum absolute atomic E-state index is 12.1. The Kier molecular flexibility index (Phi) is 4.48. The van der Waals surface area contributed by atoms with Crippen molar-refractivity contribution in [2.45, 2.75) is 6.92 Å². The predicted octanol–water partition coefficient (Wildman–Crippen LogP) is 1.29. The predicted molar refractivity (Wildman–Crippen MR) is 69.3 cm³/mol. The molecular weight excluding hydrogens is 232 g/mol. The van der Waals surface area contributed by atoms with Crippen molar-refractivity contribution in [2.75, 3.05) is 18.8 Å². The van der Waals surface area contributed by atoms with Crippen molar-refractivity contribution in [3.63, 3.8) is 0 Å². The molecule has 96 valence electrons. The summed E-state index contributed by atoms with van der Waals surface area (Å²) < 4.78 is 0. The molecule has 1 rings (SSSR count). The lowest BCUT2D eigenvalue weighted by atomic mass is 10.1. The van der Waals surface area contributed by atoms with Crippen LogP contribution in [-0.4, -0.2) is 35.0 Å². The van der Waals surface area contributed by atoms with E-state index in [0.717, 1.165) is 5.56 Å². The van der Waals surface area contributed by atoms with E-state index in [2.05, 4.69) is 6.58 Å². The monoisotopic (exact) mass is 248 g/mol. The van der Waals surface area contributed by atoms with Crippen LogP contribution >= 0.6 is 0 Å².